The number of aromatic nitrogens is 2. The zero-order valence-corrected chi connectivity index (χ0v) is 14.3. The Hall–Kier alpha value is -2.05. The van der Waals surface area contributed by atoms with Crippen LogP contribution in [0.2, 0.25) is 10.0 Å². The molecule has 3 rings (SSSR count). The number of hydrogen-bond donors (Lipinski definition) is 2. The van der Waals surface area contributed by atoms with E-state index >= 15 is 0 Å². The number of carbonyl (C=O) groups is 2. The summed E-state index contributed by atoms with van der Waals surface area (Å²) in [5.74, 6) is -0.435. The van der Waals surface area contributed by atoms with Crippen molar-refractivity contribution in [1.29, 1.82) is 0 Å². The molecule has 8 heteroatoms. The fourth-order valence-corrected chi connectivity index (χ4v) is 3.39. The Kier molecular flexibility index (Phi) is 4.78. The first-order valence-electron chi connectivity index (χ1n) is 7.55. The molecule has 2 heterocycles. The smallest absolute Gasteiger partial charge is 0.269 e. The molecule has 1 aromatic heterocycles. The second-order valence-corrected chi connectivity index (χ2v) is 6.61. The molecular formula is C16H16Cl2N4O2. The summed E-state index contributed by atoms with van der Waals surface area (Å²) >= 11 is 12.0. The predicted molar refractivity (Wildman–Crippen MR) is 91.4 cm³/mol. The van der Waals surface area contributed by atoms with Gasteiger partial charge in [0.2, 0.25) is 0 Å². The van der Waals surface area contributed by atoms with Gasteiger partial charge in [0.15, 0.2) is 0 Å². The van der Waals surface area contributed by atoms with Crippen molar-refractivity contribution in [1.82, 2.24) is 15.1 Å². The van der Waals surface area contributed by atoms with Crippen molar-refractivity contribution in [2.75, 3.05) is 13.1 Å². The highest BCUT2D eigenvalue weighted by Crippen LogP contribution is 2.29. The average Bonchev–Trinajstić information content (AvgIpc) is 3.05. The Morgan fingerprint density at radius 1 is 1.21 bits per heavy atom. The summed E-state index contributed by atoms with van der Waals surface area (Å²) in [6.45, 7) is 1.21. The SMILES string of the molecule is NC(=O)c1cc(C2CCN(C(=O)c3ccc(Cl)cc3Cl)CC2)[nH]n1. The van der Waals surface area contributed by atoms with E-state index in [1.54, 1.807) is 29.2 Å². The van der Waals surface area contributed by atoms with Gasteiger partial charge in [0, 0.05) is 29.7 Å². The number of amides is 2. The third kappa shape index (κ3) is 3.39. The number of benzene rings is 1. The second-order valence-electron chi connectivity index (χ2n) is 5.76. The zero-order valence-electron chi connectivity index (χ0n) is 12.8. The number of nitrogens with one attached hydrogen (secondary N) is 1. The molecule has 2 amide bonds. The Morgan fingerprint density at radius 3 is 2.50 bits per heavy atom. The number of nitrogens with zero attached hydrogens (tertiary/aromatic N) is 2. The van der Waals surface area contributed by atoms with Crippen molar-refractivity contribution in [2.24, 2.45) is 5.73 Å². The van der Waals surface area contributed by atoms with E-state index in [0.717, 1.165) is 18.5 Å². The quantitative estimate of drug-likeness (QED) is 0.874. The average molecular weight is 367 g/mol. The van der Waals surface area contributed by atoms with Gasteiger partial charge in [-0.2, -0.15) is 5.10 Å². The maximum absolute atomic E-state index is 12.6. The molecule has 2 aromatic rings. The molecule has 1 aliphatic heterocycles. The second kappa shape index (κ2) is 6.83. The Morgan fingerprint density at radius 2 is 1.92 bits per heavy atom. The molecule has 1 aliphatic rings. The maximum atomic E-state index is 12.6. The normalized spacial score (nSPS) is 15.5. The van der Waals surface area contributed by atoms with Crippen LogP contribution in [-0.4, -0.2) is 40.0 Å². The van der Waals surface area contributed by atoms with Crippen LogP contribution in [0.15, 0.2) is 24.3 Å². The molecule has 0 bridgehead atoms. The van der Waals surface area contributed by atoms with Gasteiger partial charge in [0.1, 0.15) is 5.69 Å². The molecule has 126 valence electrons. The van der Waals surface area contributed by atoms with Gasteiger partial charge in [-0.15, -0.1) is 0 Å². The van der Waals surface area contributed by atoms with Crippen LogP contribution in [0.25, 0.3) is 0 Å². The number of rotatable bonds is 3. The lowest BCUT2D eigenvalue weighted by Gasteiger charge is -2.31. The topological polar surface area (TPSA) is 92.1 Å². The molecule has 24 heavy (non-hydrogen) atoms. The summed E-state index contributed by atoms with van der Waals surface area (Å²) in [6.07, 6.45) is 1.55. The van der Waals surface area contributed by atoms with E-state index in [4.69, 9.17) is 28.9 Å². The van der Waals surface area contributed by atoms with E-state index in [9.17, 15) is 9.59 Å². The Balaban J connectivity index is 1.65. The van der Waals surface area contributed by atoms with Gasteiger partial charge >= 0.3 is 0 Å². The molecule has 1 aromatic carbocycles. The Labute approximate surface area is 148 Å². The van der Waals surface area contributed by atoms with Crippen LogP contribution in [0.3, 0.4) is 0 Å². The number of primary amides is 1. The van der Waals surface area contributed by atoms with Gasteiger partial charge in [-0.3, -0.25) is 14.7 Å². The number of piperidine rings is 1. The van der Waals surface area contributed by atoms with Crippen LogP contribution < -0.4 is 5.73 Å². The first kappa shape index (κ1) is 16.8. The molecule has 0 radical (unpaired) electrons. The first-order chi connectivity index (χ1) is 11.5. The van der Waals surface area contributed by atoms with E-state index in [2.05, 4.69) is 10.2 Å². The van der Waals surface area contributed by atoms with Crippen molar-refractivity contribution in [3.05, 3.63) is 51.3 Å². The summed E-state index contributed by atoms with van der Waals surface area (Å²) in [6, 6.07) is 6.55. The molecule has 0 atom stereocenters. The molecule has 1 fully saturated rings. The molecule has 0 unspecified atom stereocenters. The molecule has 1 saturated heterocycles. The molecule has 0 saturated carbocycles. The highest BCUT2D eigenvalue weighted by Gasteiger charge is 2.27. The first-order valence-corrected chi connectivity index (χ1v) is 8.30. The van der Waals surface area contributed by atoms with Crippen LogP contribution in [-0.2, 0) is 0 Å². The van der Waals surface area contributed by atoms with Crippen molar-refractivity contribution in [2.45, 2.75) is 18.8 Å². The van der Waals surface area contributed by atoms with Gasteiger partial charge in [-0.05, 0) is 37.1 Å². The van der Waals surface area contributed by atoms with E-state index in [-0.39, 0.29) is 17.5 Å². The lowest BCUT2D eigenvalue weighted by atomic mass is 9.93. The lowest BCUT2D eigenvalue weighted by molar-refractivity contribution is 0.0712. The molecular weight excluding hydrogens is 351 g/mol. The lowest BCUT2D eigenvalue weighted by Crippen LogP contribution is -2.38. The minimum atomic E-state index is -0.553. The van der Waals surface area contributed by atoms with Gasteiger partial charge in [0.05, 0.1) is 10.6 Å². The standard InChI is InChI=1S/C16H16Cl2N4O2/c17-10-1-2-11(12(18)7-10)16(24)22-5-3-9(4-6-22)13-8-14(15(19)23)21-20-13/h1-2,7-9H,3-6H2,(H2,19,23)(H,20,21). The van der Waals surface area contributed by atoms with E-state index in [0.29, 0.717) is 28.7 Å². The van der Waals surface area contributed by atoms with Crippen LogP contribution in [0.4, 0.5) is 0 Å². The van der Waals surface area contributed by atoms with Gasteiger partial charge in [-0.1, -0.05) is 23.2 Å². The molecule has 0 aliphatic carbocycles. The fourth-order valence-electron chi connectivity index (χ4n) is 2.90. The van der Waals surface area contributed by atoms with E-state index in [1.165, 1.54) is 0 Å². The summed E-state index contributed by atoms with van der Waals surface area (Å²) in [5.41, 5.74) is 6.78. The van der Waals surface area contributed by atoms with E-state index in [1.807, 2.05) is 0 Å². The third-order valence-electron chi connectivity index (χ3n) is 4.23. The number of likely N-dealkylation sites (tertiary alicyclic amines) is 1. The van der Waals surface area contributed by atoms with Crippen LogP contribution >= 0.6 is 23.2 Å². The third-order valence-corrected chi connectivity index (χ3v) is 4.78. The monoisotopic (exact) mass is 366 g/mol. The van der Waals surface area contributed by atoms with Crippen LogP contribution in [0.5, 0.6) is 0 Å². The number of nitrogens with two attached hydrogens (primary N) is 1. The summed E-state index contributed by atoms with van der Waals surface area (Å²) in [7, 11) is 0. The minimum Gasteiger partial charge on any atom is -0.364 e. The minimum absolute atomic E-state index is 0.0995. The summed E-state index contributed by atoms with van der Waals surface area (Å²) < 4.78 is 0. The van der Waals surface area contributed by atoms with Crippen LogP contribution in [0, 0.1) is 0 Å². The summed E-state index contributed by atoms with van der Waals surface area (Å²) in [5, 5.41) is 7.62. The molecule has 0 spiro atoms. The zero-order chi connectivity index (χ0) is 17.3. The van der Waals surface area contributed by atoms with Crippen molar-refractivity contribution < 1.29 is 9.59 Å². The van der Waals surface area contributed by atoms with Gasteiger partial charge < -0.3 is 10.6 Å². The van der Waals surface area contributed by atoms with E-state index < -0.39 is 5.91 Å². The van der Waals surface area contributed by atoms with Gasteiger partial charge in [-0.25, -0.2) is 0 Å². The Bertz CT molecular complexity index is 782. The molecule has 3 N–H and O–H groups in total. The van der Waals surface area contributed by atoms with Crippen molar-refractivity contribution in [3.8, 4) is 0 Å². The van der Waals surface area contributed by atoms with Gasteiger partial charge in [0.25, 0.3) is 11.8 Å². The molecule has 6 nitrogen and oxygen atoms in total. The number of aromatic amines is 1. The van der Waals surface area contributed by atoms with Crippen molar-refractivity contribution >= 4 is 35.0 Å². The highest BCUT2D eigenvalue weighted by atomic mass is 35.5. The summed E-state index contributed by atoms with van der Waals surface area (Å²) in [4.78, 5) is 25.5. The largest absolute Gasteiger partial charge is 0.364 e. The maximum Gasteiger partial charge on any atom is 0.269 e. The number of hydrogen-bond acceptors (Lipinski definition) is 3. The number of H-pyrrole nitrogens is 1. The van der Waals surface area contributed by atoms with Crippen molar-refractivity contribution in [3.63, 3.8) is 0 Å². The number of carbonyl (C=O) groups excluding carboxylic acids is 2. The predicted octanol–water partition coefficient (Wildman–Crippen LogP) is 2.84. The number of halogens is 2. The fraction of sp³-hybridized carbons (Fsp3) is 0.312. The highest BCUT2D eigenvalue weighted by molar-refractivity contribution is 6.36. The van der Waals surface area contributed by atoms with Crippen LogP contribution in [0.1, 0.15) is 45.3 Å².